The van der Waals surface area contributed by atoms with Crippen molar-refractivity contribution in [3.8, 4) is 0 Å². The molecule has 0 aliphatic heterocycles. The van der Waals surface area contributed by atoms with Gasteiger partial charge in [-0.3, -0.25) is 0 Å². The molecule has 0 saturated carbocycles. The second kappa shape index (κ2) is 7.24. The van der Waals surface area contributed by atoms with Crippen molar-refractivity contribution in [3.63, 3.8) is 0 Å². The Balaban J connectivity index is 2.30. The highest BCUT2D eigenvalue weighted by atomic mass is 32.1. The number of nitrogens with one attached hydrogen (secondary N) is 1. The van der Waals surface area contributed by atoms with Gasteiger partial charge in [0.2, 0.25) is 0 Å². The van der Waals surface area contributed by atoms with E-state index in [9.17, 15) is 0 Å². The van der Waals surface area contributed by atoms with Gasteiger partial charge in [0, 0.05) is 23.5 Å². The molecule has 2 rings (SSSR count). The average Bonchev–Trinajstić information content (AvgIpc) is 2.98. The van der Waals surface area contributed by atoms with E-state index in [-0.39, 0.29) is 0 Å². The summed E-state index contributed by atoms with van der Waals surface area (Å²) < 4.78 is 0. The number of rotatable bonds is 7. The molecule has 0 spiro atoms. The number of aromatic nitrogens is 2. The molecule has 0 saturated heterocycles. The number of anilines is 2. The molecule has 1 N–H and O–H groups in total. The van der Waals surface area contributed by atoms with Crippen LogP contribution in [0.4, 0.5) is 11.6 Å². The maximum absolute atomic E-state index is 4.52. The van der Waals surface area contributed by atoms with E-state index in [1.165, 1.54) is 10.4 Å². The molecule has 0 aliphatic carbocycles. The largest absolute Gasteiger partial charge is 0.370 e. The highest BCUT2D eigenvalue weighted by Crippen LogP contribution is 2.26. The summed E-state index contributed by atoms with van der Waals surface area (Å²) in [6, 6.07) is 4.27. The monoisotopic (exact) mass is 290 g/mol. The zero-order chi connectivity index (χ0) is 14.4. The second-order valence-electron chi connectivity index (χ2n) is 4.50. The van der Waals surface area contributed by atoms with Gasteiger partial charge in [-0.25, -0.2) is 9.97 Å². The fourth-order valence-electron chi connectivity index (χ4n) is 2.25. The van der Waals surface area contributed by atoms with Gasteiger partial charge in [0.05, 0.1) is 6.54 Å². The fourth-order valence-corrected chi connectivity index (χ4v) is 2.97. The molecular weight excluding hydrogens is 268 g/mol. The van der Waals surface area contributed by atoms with Crippen molar-refractivity contribution in [2.45, 2.75) is 33.7 Å². The number of hydrogen-bond donors (Lipinski definition) is 1. The maximum Gasteiger partial charge on any atom is 0.137 e. The average molecular weight is 290 g/mol. The molecule has 0 unspecified atom stereocenters. The lowest BCUT2D eigenvalue weighted by Gasteiger charge is -2.24. The second-order valence-corrected chi connectivity index (χ2v) is 5.53. The van der Waals surface area contributed by atoms with E-state index in [1.54, 1.807) is 17.7 Å². The van der Waals surface area contributed by atoms with Crippen LogP contribution in [0.5, 0.6) is 0 Å². The molecule has 4 nitrogen and oxygen atoms in total. The lowest BCUT2D eigenvalue weighted by atomic mass is 10.2. The SMILES string of the molecule is CCNc1ncnc(N(CC)Cc2cccs2)c1CC. The van der Waals surface area contributed by atoms with Crippen LogP contribution in [0.15, 0.2) is 23.8 Å². The van der Waals surface area contributed by atoms with Crippen LogP contribution >= 0.6 is 11.3 Å². The number of thiophene rings is 1. The van der Waals surface area contributed by atoms with Crippen LogP contribution in [0, 0.1) is 0 Å². The smallest absolute Gasteiger partial charge is 0.137 e. The molecule has 2 aromatic heterocycles. The van der Waals surface area contributed by atoms with Crippen molar-refractivity contribution in [1.29, 1.82) is 0 Å². The molecule has 0 aliphatic rings. The Hall–Kier alpha value is -1.62. The quantitative estimate of drug-likeness (QED) is 0.846. The van der Waals surface area contributed by atoms with Crippen LogP contribution in [0.3, 0.4) is 0 Å². The van der Waals surface area contributed by atoms with Gasteiger partial charge in [-0.2, -0.15) is 0 Å². The molecular formula is C15H22N4S. The Bertz CT molecular complexity index is 525. The standard InChI is InChI=1S/C15H22N4S/c1-4-13-14(16-5-2)17-11-18-15(13)19(6-3)10-12-8-7-9-20-12/h7-9,11H,4-6,10H2,1-3H3,(H,16,17,18). The van der Waals surface area contributed by atoms with Gasteiger partial charge in [0.15, 0.2) is 0 Å². The predicted octanol–water partition coefficient (Wildman–Crippen LogP) is 3.56. The highest BCUT2D eigenvalue weighted by molar-refractivity contribution is 7.09. The number of hydrogen-bond acceptors (Lipinski definition) is 5. The van der Waals surface area contributed by atoms with Crippen molar-refractivity contribution < 1.29 is 0 Å². The first kappa shape index (κ1) is 14.8. The molecule has 5 heteroatoms. The molecule has 2 heterocycles. The first-order chi connectivity index (χ1) is 9.80. The summed E-state index contributed by atoms with van der Waals surface area (Å²) in [4.78, 5) is 12.6. The maximum atomic E-state index is 4.52. The summed E-state index contributed by atoms with van der Waals surface area (Å²) in [5.41, 5.74) is 1.20. The fraction of sp³-hybridized carbons (Fsp3) is 0.467. The number of nitrogens with zero attached hydrogens (tertiary/aromatic N) is 3. The summed E-state index contributed by atoms with van der Waals surface area (Å²) in [7, 11) is 0. The normalized spacial score (nSPS) is 10.6. The summed E-state index contributed by atoms with van der Waals surface area (Å²) in [5, 5.41) is 5.45. The third kappa shape index (κ3) is 3.28. The van der Waals surface area contributed by atoms with E-state index in [1.807, 2.05) is 0 Å². The van der Waals surface area contributed by atoms with E-state index >= 15 is 0 Å². The van der Waals surface area contributed by atoms with Crippen molar-refractivity contribution in [3.05, 3.63) is 34.3 Å². The lowest BCUT2D eigenvalue weighted by molar-refractivity contribution is 0.806. The molecule has 2 aromatic rings. The van der Waals surface area contributed by atoms with Crippen LogP contribution in [0.1, 0.15) is 31.2 Å². The molecule has 20 heavy (non-hydrogen) atoms. The van der Waals surface area contributed by atoms with Gasteiger partial charge >= 0.3 is 0 Å². The Morgan fingerprint density at radius 1 is 1.25 bits per heavy atom. The van der Waals surface area contributed by atoms with Gasteiger partial charge in [0.25, 0.3) is 0 Å². The third-order valence-corrected chi connectivity index (χ3v) is 4.09. The van der Waals surface area contributed by atoms with E-state index in [0.29, 0.717) is 0 Å². The summed E-state index contributed by atoms with van der Waals surface area (Å²) in [5.74, 6) is 2.01. The first-order valence-corrected chi connectivity index (χ1v) is 8.03. The summed E-state index contributed by atoms with van der Waals surface area (Å²) >= 11 is 1.79. The molecule has 0 aromatic carbocycles. The first-order valence-electron chi connectivity index (χ1n) is 7.15. The van der Waals surface area contributed by atoms with Gasteiger partial charge in [-0.1, -0.05) is 13.0 Å². The van der Waals surface area contributed by atoms with E-state index in [0.717, 1.165) is 37.7 Å². The Morgan fingerprint density at radius 2 is 2.10 bits per heavy atom. The Kier molecular flexibility index (Phi) is 5.35. The summed E-state index contributed by atoms with van der Waals surface area (Å²) in [6.07, 6.45) is 2.59. The zero-order valence-corrected chi connectivity index (χ0v) is 13.2. The van der Waals surface area contributed by atoms with Gasteiger partial charge in [0.1, 0.15) is 18.0 Å². The van der Waals surface area contributed by atoms with Crippen LogP contribution in [-0.4, -0.2) is 23.1 Å². The minimum atomic E-state index is 0.875. The highest BCUT2D eigenvalue weighted by Gasteiger charge is 2.15. The zero-order valence-electron chi connectivity index (χ0n) is 12.4. The van der Waals surface area contributed by atoms with Crippen LogP contribution in [-0.2, 0) is 13.0 Å². The lowest BCUT2D eigenvalue weighted by Crippen LogP contribution is -2.24. The van der Waals surface area contributed by atoms with Gasteiger partial charge < -0.3 is 10.2 Å². The molecule has 0 atom stereocenters. The molecule has 0 fully saturated rings. The summed E-state index contributed by atoms with van der Waals surface area (Å²) in [6.45, 7) is 9.13. The van der Waals surface area contributed by atoms with Gasteiger partial charge in [-0.05, 0) is 31.7 Å². The molecule has 0 amide bonds. The van der Waals surface area contributed by atoms with Crippen LogP contribution in [0.2, 0.25) is 0 Å². The van der Waals surface area contributed by atoms with E-state index < -0.39 is 0 Å². The third-order valence-electron chi connectivity index (χ3n) is 3.23. The molecule has 0 bridgehead atoms. The van der Waals surface area contributed by atoms with Crippen LogP contribution in [0.25, 0.3) is 0 Å². The van der Waals surface area contributed by atoms with Crippen molar-refractivity contribution in [1.82, 2.24) is 9.97 Å². The van der Waals surface area contributed by atoms with Crippen molar-refractivity contribution in [2.75, 3.05) is 23.3 Å². The minimum Gasteiger partial charge on any atom is -0.370 e. The van der Waals surface area contributed by atoms with Crippen LogP contribution < -0.4 is 10.2 Å². The van der Waals surface area contributed by atoms with Crippen molar-refractivity contribution >= 4 is 23.0 Å². The van der Waals surface area contributed by atoms with E-state index in [4.69, 9.17) is 0 Å². The predicted molar refractivity (Wildman–Crippen MR) is 86.6 cm³/mol. The minimum absolute atomic E-state index is 0.875. The Morgan fingerprint density at radius 3 is 2.70 bits per heavy atom. The topological polar surface area (TPSA) is 41.1 Å². The van der Waals surface area contributed by atoms with Crippen molar-refractivity contribution in [2.24, 2.45) is 0 Å². The van der Waals surface area contributed by atoms with Gasteiger partial charge in [-0.15, -0.1) is 11.3 Å². The van der Waals surface area contributed by atoms with E-state index in [2.05, 4.69) is 58.5 Å². The molecule has 0 radical (unpaired) electrons. The Labute approximate surface area is 124 Å². The molecule has 108 valence electrons.